The van der Waals surface area contributed by atoms with Crippen LogP contribution in [0, 0.1) is 6.92 Å². The van der Waals surface area contributed by atoms with E-state index in [2.05, 4.69) is 0 Å². The zero-order valence-corrected chi connectivity index (χ0v) is 12.8. The number of methoxy groups -OCH3 is 1. The van der Waals surface area contributed by atoms with Crippen LogP contribution in [0.5, 0.6) is 5.75 Å². The molecule has 0 N–H and O–H groups in total. The Bertz CT molecular complexity index is 631. The van der Waals surface area contributed by atoms with Crippen molar-refractivity contribution in [3.05, 3.63) is 63.1 Å². The molecule has 0 heterocycles. The number of benzene rings is 2. The first-order valence-electron chi connectivity index (χ1n) is 6.13. The summed E-state index contributed by atoms with van der Waals surface area (Å²) in [6.07, 6.45) is 0.203. The lowest BCUT2D eigenvalue weighted by Gasteiger charge is -2.10. The topological polar surface area (TPSA) is 26.3 Å². The third kappa shape index (κ3) is 3.14. The maximum absolute atomic E-state index is 12.4. The molecule has 104 valence electrons. The van der Waals surface area contributed by atoms with Crippen molar-refractivity contribution in [2.24, 2.45) is 0 Å². The fraction of sp³-hybridized carbons (Fsp3) is 0.188. The second-order valence-corrected chi connectivity index (χ2v) is 5.33. The maximum atomic E-state index is 12.4. The molecule has 20 heavy (non-hydrogen) atoms. The van der Waals surface area contributed by atoms with Gasteiger partial charge in [0.25, 0.3) is 0 Å². The van der Waals surface area contributed by atoms with Crippen molar-refractivity contribution in [1.82, 2.24) is 0 Å². The summed E-state index contributed by atoms with van der Waals surface area (Å²) in [4.78, 5) is 12.4. The largest absolute Gasteiger partial charge is 0.496 e. The fourth-order valence-electron chi connectivity index (χ4n) is 2.07. The van der Waals surface area contributed by atoms with Gasteiger partial charge < -0.3 is 4.74 Å². The second kappa shape index (κ2) is 6.29. The second-order valence-electron chi connectivity index (χ2n) is 4.51. The van der Waals surface area contributed by atoms with E-state index in [-0.39, 0.29) is 12.2 Å². The summed E-state index contributed by atoms with van der Waals surface area (Å²) in [6.45, 7) is 1.97. The Labute approximate surface area is 128 Å². The molecule has 0 bridgehead atoms. The van der Waals surface area contributed by atoms with Crippen LogP contribution >= 0.6 is 23.2 Å². The van der Waals surface area contributed by atoms with Crippen LogP contribution in [-0.4, -0.2) is 12.9 Å². The van der Waals surface area contributed by atoms with Crippen LogP contribution in [0.15, 0.2) is 36.4 Å². The Balaban J connectivity index is 2.35. The van der Waals surface area contributed by atoms with Gasteiger partial charge in [-0.3, -0.25) is 4.79 Å². The summed E-state index contributed by atoms with van der Waals surface area (Å²) in [7, 11) is 1.58. The number of carbonyl (C=O) groups excluding carboxylic acids is 1. The van der Waals surface area contributed by atoms with E-state index in [1.807, 2.05) is 25.1 Å². The molecule has 0 fully saturated rings. The van der Waals surface area contributed by atoms with Crippen LogP contribution < -0.4 is 4.74 Å². The highest BCUT2D eigenvalue weighted by Crippen LogP contribution is 2.28. The van der Waals surface area contributed by atoms with E-state index in [0.29, 0.717) is 21.4 Å². The molecule has 0 radical (unpaired) electrons. The van der Waals surface area contributed by atoms with E-state index < -0.39 is 0 Å². The Morgan fingerprint density at radius 1 is 1.15 bits per heavy atom. The lowest BCUT2D eigenvalue weighted by Crippen LogP contribution is -2.06. The molecule has 2 nitrogen and oxygen atoms in total. The van der Waals surface area contributed by atoms with Gasteiger partial charge in [-0.2, -0.15) is 0 Å². The van der Waals surface area contributed by atoms with E-state index >= 15 is 0 Å². The molecule has 0 aromatic heterocycles. The monoisotopic (exact) mass is 308 g/mol. The molecule has 0 aliphatic heterocycles. The highest BCUT2D eigenvalue weighted by Gasteiger charge is 2.16. The predicted molar refractivity (Wildman–Crippen MR) is 82.2 cm³/mol. The molecular formula is C16H14Cl2O2. The minimum atomic E-state index is -0.121. The molecule has 2 rings (SSSR count). The maximum Gasteiger partial charge on any atom is 0.170 e. The van der Waals surface area contributed by atoms with Gasteiger partial charge in [-0.1, -0.05) is 47.0 Å². The Morgan fingerprint density at radius 3 is 2.40 bits per heavy atom. The number of rotatable bonds is 4. The molecule has 0 aliphatic rings. The Hall–Kier alpha value is -1.51. The van der Waals surface area contributed by atoms with Gasteiger partial charge in [-0.05, 0) is 25.1 Å². The van der Waals surface area contributed by atoms with E-state index in [4.69, 9.17) is 27.9 Å². The summed E-state index contributed by atoms with van der Waals surface area (Å²) in [5.74, 6) is 0.566. The fourth-order valence-corrected chi connectivity index (χ4v) is 2.68. The molecule has 2 aromatic carbocycles. The first kappa shape index (κ1) is 14.9. The Morgan fingerprint density at radius 2 is 1.80 bits per heavy atom. The van der Waals surface area contributed by atoms with Crippen molar-refractivity contribution in [2.75, 3.05) is 7.11 Å². The van der Waals surface area contributed by atoms with Crippen LogP contribution in [0.4, 0.5) is 0 Å². The molecule has 4 heteroatoms. The van der Waals surface area contributed by atoms with Gasteiger partial charge in [0.1, 0.15) is 5.75 Å². The van der Waals surface area contributed by atoms with Gasteiger partial charge in [0.15, 0.2) is 5.78 Å². The molecular weight excluding hydrogens is 295 g/mol. The van der Waals surface area contributed by atoms with Crippen LogP contribution in [0.2, 0.25) is 10.0 Å². The van der Waals surface area contributed by atoms with Gasteiger partial charge in [0.2, 0.25) is 0 Å². The number of halogens is 2. The highest BCUT2D eigenvalue weighted by molar-refractivity contribution is 6.39. The number of hydrogen-bond donors (Lipinski definition) is 0. The van der Waals surface area contributed by atoms with Gasteiger partial charge in [0, 0.05) is 12.0 Å². The zero-order chi connectivity index (χ0) is 14.7. The third-order valence-corrected chi connectivity index (χ3v) is 3.66. The zero-order valence-electron chi connectivity index (χ0n) is 11.2. The highest BCUT2D eigenvalue weighted by atomic mass is 35.5. The normalized spacial score (nSPS) is 10.4. The first-order chi connectivity index (χ1) is 9.52. The van der Waals surface area contributed by atoms with Crippen molar-refractivity contribution in [2.45, 2.75) is 13.3 Å². The van der Waals surface area contributed by atoms with Crippen LogP contribution in [-0.2, 0) is 6.42 Å². The number of carbonyl (C=O) groups is 1. The van der Waals surface area contributed by atoms with Crippen LogP contribution in [0.3, 0.4) is 0 Å². The minimum absolute atomic E-state index is 0.121. The number of ketones is 1. The van der Waals surface area contributed by atoms with Crippen LogP contribution in [0.1, 0.15) is 21.5 Å². The smallest absolute Gasteiger partial charge is 0.170 e. The van der Waals surface area contributed by atoms with Gasteiger partial charge >= 0.3 is 0 Å². The van der Waals surface area contributed by atoms with E-state index in [1.165, 1.54) is 0 Å². The molecule has 0 aliphatic carbocycles. The van der Waals surface area contributed by atoms with E-state index in [0.717, 1.165) is 11.1 Å². The average molecular weight is 309 g/mol. The molecule has 0 saturated carbocycles. The van der Waals surface area contributed by atoms with E-state index in [1.54, 1.807) is 25.3 Å². The van der Waals surface area contributed by atoms with Crippen molar-refractivity contribution < 1.29 is 9.53 Å². The van der Waals surface area contributed by atoms with Crippen LogP contribution in [0.25, 0.3) is 0 Å². The molecule has 0 atom stereocenters. The quantitative estimate of drug-likeness (QED) is 0.763. The molecule has 0 unspecified atom stereocenters. The van der Waals surface area contributed by atoms with Gasteiger partial charge in [-0.15, -0.1) is 0 Å². The van der Waals surface area contributed by atoms with Gasteiger partial charge in [0.05, 0.1) is 22.7 Å². The van der Waals surface area contributed by atoms with Crippen molar-refractivity contribution in [3.63, 3.8) is 0 Å². The number of ether oxygens (including phenoxy) is 1. The number of Topliss-reactive ketones (excluding diaryl/α,β-unsaturated/α-hetero) is 1. The molecule has 0 amide bonds. The summed E-state index contributed by atoms with van der Waals surface area (Å²) < 4.78 is 5.28. The summed E-state index contributed by atoms with van der Waals surface area (Å²) >= 11 is 12.1. The standard InChI is InChI=1S/C16H14Cl2O2/c1-10-6-7-15(20-2)11(8-10)9-14(19)16-12(17)4-3-5-13(16)18/h3-8H,9H2,1-2H3. The molecule has 0 saturated heterocycles. The van der Waals surface area contributed by atoms with Crippen molar-refractivity contribution in [3.8, 4) is 5.75 Å². The molecule has 0 spiro atoms. The first-order valence-corrected chi connectivity index (χ1v) is 6.89. The minimum Gasteiger partial charge on any atom is -0.496 e. The van der Waals surface area contributed by atoms with Crippen molar-refractivity contribution in [1.29, 1.82) is 0 Å². The lowest BCUT2D eigenvalue weighted by molar-refractivity contribution is 0.0992. The molecule has 2 aromatic rings. The SMILES string of the molecule is COc1ccc(C)cc1CC(=O)c1c(Cl)cccc1Cl. The summed E-state index contributed by atoms with van der Waals surface area (Å²) in [5.41, 5.74) is 2.26. The number of hydrogen-bond acceptors (Lipinski definition) is 2. The van der Waals surface area contributed by atoms with E-state index in [9.17, 15) is 4.79 Å². The average Bonchev–Trinajstić information content (AvgIpc) is 2.38. The van der Waals surface area contributed by atoms with Gasteiger partial charge in [-0.25, -0.2) is 0 Å². The predicted octanol–water partition coefficient (Wildman–Crippen LogP) is 4.74. The number of aryl methyl sites for hydroxylation is 1. The third-order valence-electron chi connectivity index (χ3n) is 3.03. The summed E-state index contributed by atoms with van der Waals surface area (Å²) in [5, 5.41) is 0.739. The lowest BCUT2D eigenvalue weighted by atomic mass is 10.0. The van der Waals surface area contributed by atoms with Crippen molar-refractivity contribution >= 4 is 29.0 Å². The Kier molecular flexibility index (Phi) is 4.69. The summed E-state index contributed by atoms with van der Waals surface area (Å²) in [6, 6.07) is 10.8.